The Kier molecular flexibility index (Phi) is 5.44. The lowest BCUT2D eigenvalue weighted by atomic mass is 10.1. The Balaban J connectivity index is 1.94. The highest BCUT2D eigenvalue weighted by atomic mass is 35.5. The first-order valence-corrected chi connectivity index (χ1v) is 8.51. The summed E-state index contributed by atoms with van der Waals surface area (Å²) in [6.07, 6.45) is -0.598. The third-order valence-electron chi connectivity index (χ3n) is 4.01. The lowest BCUT2D eigenvalue weighted by Gasteiger charge is -2.33. The predicted octanol–water partition coefficient (Wildman–Crippen LogP) is 3.24. The van der Waals surface area contributed by atoms with Crippen molar-refractivity contribution in [1.82, 2.24) is 0 Å². The van der Waals surface area contributed by atoms with Gasteiger partial charge in [0.2, 0.25) is 5.91 Å². The van der Waals surface area contributed by atoms with Crippen molar-refractivity contribution in [3.05, 3.63) is 53.1 Å². The summed E-state index contributed by atoms with van der Waals surface area (Å²) in [6.45, 7) is 1.97. The molecule has 0 saturated carbocycles. The van der Waals surface area contributed by atoms with Crippen LogP contribution in [0.2, 0.25) is 5.02 Å². The highest BCUT2D eigenvalue weighted by Gasteiger charge is 2.32. The predicted molar refractivity (Wildman–Crippen MR) is 99.7 cm³/mol. The Morgan fingerprint density at radius 1 is 1.31 bits per heavy atom. The number of benzene rings is 2. The van der Waals surface area contributed by atoms with E-state index in [1.54, 1.807) is 36.1 Å². The first kappa shape index (κ1) is 18.2. The third-order valence-corrected chi connectivity index (χ3v) is 4.38. The number of halogens is 1. The monoisotopic (exact) mass is 374 g/mol. The number of nitrogens with one attached hydrogen (secondary N) is 1. The fraction of sp³-hybridized carbons (Fsp3) is 0.263. The number of methoxy groups -OCH3 is 1. The van der Waals surface area contributed by atoms with Crippen molar-refractivity contribution >= 4 is 34.8 Å². The molecule has 1 unspecified atom stereocenters. The van der Waals surface area contributed by atoms with E-state index in [0.717, 1.165) is 5.56 Å². The summed E-state index contributed by atoms with van der Waals surface area (Å²) < 4.78 is 10.5. The normalized spacial score (nSPS) is 16.0. The molecule has 1 atom stereocenters. The number of amides is 2. The van der Waals surface area contributed by atoms with Crippen molar-refractivity contribution < 1.29 is 19.1 Å². The fourth-order valence-corrected chi connectivity index (χ4v) is 2.97. The van der Waals surface area contributed by atoms with Crippen LogP contribution in [0.5, 0.6) is 5.75 Å². The molecule has 26 heavy (non-hydrogen) atoms. The number of rotatable bonds is 5. The molecule has 0 bridgehead atoms. The molecule has 2 amide bonds. The summed E-state index contributed by atoms with van der Waals surface area (Å²) in [7, 11) is 1.45. The van der Waals surface area contributed by atoms with Crippen molar-refractivity contribution in [1.29, 1.82) is 0 Å². The van der Waals surface area contributed by atoms with Gasteiger partial charge in [-0.25, -0.2) is 0 Å². The van der Waals surface area contributed by atoms with E-state index in [-0.39, 0.29) is 18.4 Å². The largest absolute Gasteiger partial charge is 0.479 e. The molecule has 136 valence electrons. The molecule has 0 spiro atoms. The molecule has 0 radical (unpaired) electrons. The zero-order valence-corrected chi connectivity index (χ0v) is 15.2. The second-order valence-corrected chi connectivity index (χ2v) is 6.35. The number of nitrogens with zero attached hydrogens (tertiary/aromatic N) is 1. The standard InChI is InChI=1S/C19H19ClN2O4/c1-12-19(24)22(10-13-5-3-4-6-15(13)20)16-9-14(7-8-17(16)26-12)21-18(23)11-25-2/h3-9,12H,10-11H2,1-2H3,(H,21,23). The second-order valence-electron chi connectivity index (χ2n) is 5.94. The fourth-order valence-electron chi connectivity index (χ4n) is 2.77. The number of hydrogen-bond acceptors (Lipinski definition) is 4. The molecule has 2 aromatic rings. The van der Waals surface area contributed by atoms with E-state index in [9.17, 15) is 9.59 Å². The summed E-state index contributed by atoms with van der Waals surface area (Å²) in [5, 5.41) is 3.32. The number of anilines is 2. The van der Waals surface area contributed by atoms with Gasteiger partial charge in [-0.2, -0.15) is 0 Å². The van der Waals surface area contributed by atoms with Gasteiger partial charge in [-0.3, -0.25) is 9.59 Å². The quantitative estimate of drug-likeness (QED) is 0.872. The average Bonchev–Trinajstić information content (AvgIpc) is 2.61. The number of carbonyl (C=O) groups excluding carboxylic acids is 2. The highest BCUT2D eigenvalue weighted by molar-refractivity contribution is 6.31. The molecule has 1 aliphatic rings. The van der Waals surface area contributed by atoms with Crippen LogP contribution in [0.4, 0.5) is 11.4 Å². The summed E-state index contributed by atoms with van der Waals surface area (Å²) in [5.74, 6) is 0.133. The van der Waals surface area contributed by atoms with Gasteiger partial charge in [-0.05, 0) is 36.8 Å². The molecule has 6 nitrogen and oxygen atoms in total. The van der Waals surface area contributed by atoms with Crippen molar-refractivity contribution in [3.8, 4) is 5.75 Å². The first-order valence-electron chi connectivity index (χ1n) is 8.14. The van der Waals surface area contributed by atoms with Gasteiger partial charge in [0, 0.05) is 17.8 Å². The van der Waals surface area contributed by atoms with Crippen LogP contribution >= 0.6 is 11.6 Å². The minimum absolute atomic E-state index is 0.0487. The Morgan fingerprint density at radius 2 is 2.08 bits per heavy atom. The number of fused-ring (bicyclic) bond motifs is 1. The Morgan fingerprint density at radius 3 is 2.81 bits per heavy atom. The molecule has 1 aliphatic heterocycles. The molecule has 0 fully saturated rings. The van der Waals surface area contributed by atoms with Crippen LogP contribution < -0.4 is 15.0 Å². The maximum Gasteiger partial charge on any atom is 0.268 e. The van der Waals surface area contributed by atoms with E-state index in [4.69, 9.17) is 21.1 Å². The summed E-state index contributed by atoms with van der Waals surface area (Å²) in [6, 6.07) is 12.5. The summed E-state index contributed by atoms with van der Waals surface area (Å²) in [5.41, 5.74) is 1.97. The lowest BCUT2D eigenvalue weighted by Crippen LogP contribution is -2.44. The maximum atomic E-state index is 12.7. The zero-order valence-electron chi connectivity index (χ0n) is 14.5. The van der Waals surface area contributed by atoms with Gasteiger partial charge >= 0.3 is 0 Å². The molecule has 2 aromatic carbocycles. The van der Waals surface area contributed by atoms with Gasteiger partial charge in [0.25, 0.3) is 5.91 Å². The van der Waals surface area contributed by atoms with Crippen molar-refractivity contribution in [2.75, 3.05) is 23.9 Å². The Labute approximate surface area is 156 Å². The van der Waals surface area contributed by atoms with E-state index >= 15 is 0 Å². The molecule has 0 aliphatic carbocycles. The van der Waals surface area contributed by atoms with Crippen LogP contribution in [0.3, 0.4) is 0 Å². The molecule has 1 heterocycles. The Bertz CT molecular complexity index is 840. The van der Waals surface area contributed by atoms with Crippen LogP contribution in [0.1, 0.15) is 12.5 Å². The van der Waals surface area contributed by atoms with E-state index < -0.39 is 6.10 Å². The topological polar surface area (TPSA) is 67.9 Å². The lowest BCUT2D eigenvalue weighted by molar-refractivity contribution is -0.125. The first-order chi connectivity index (χ1) is 12.5. The molecule has 3 rings (SSSR count). The van der Waals surface area contributed by atoms with E-state index in [1.165, 1.54) is 7.11 Å². The molecular formula is C19H19ClN2O4. The van der Waals surface area contributed by atoms with Gasteiger partial charge in [0.1, 0.15) is 12.4 Å². The molecule has 0 aromatic heterocycles. The van der Waals surface area contributed by atoms with Gasteiger partial charge in [0.05, 0.1) is 12.2 Å². The van der Waals surface area contributed by atoms with E-state index in [1.807, 2.05) is 18.2 Å². The molecular weight excluding hydrogens is 356 g/mol. The molecule has 1 N–H and O–H groups in total. The maximum absolute atomic E-state index is 12.7. The van der Waals surface area contributed by atoms with Gasteiger partial charge < -0.3 is 19.7 Å². The molecule has 7 heteroatoms. The summed E-state index contributed by atoms with van der Waals surface area (Å²) >= 11 is 6.25. The zero-order chi connectivity index (χ0) is 18.7. The highest BCUT2D eigenvalue weighted by Crippen LogP contribution is 2.37. The van der Waals surface area contributed by atoms with E-state index in [2.05, 4.69) is 5.32 Å². The van der Waals surface area contributed by atoms with Crippen LogP contribution in [0.15, 0.2) is 42.5 Å². The second kappa shape index (κ2) is 7.76. The van der Waals surface area contributed by atoms with Crippen LogP contribution in [-0.2, 0) is 20.9 Å². The summed E-state index contributed by atoms with van der Waals surface area (Å²) in [4.78, 5) is 26.1. The smallest absolute Gasteiger partial charge is 0.268 e. The van der Waals surface area contributed by atoms with Crippen LogP contribution in [-0.4, -0.2) is 31.6 Å². The van der Waals surface area contributed by atoms with Gasteiger partial charge in [-0.15, -0.1) is 0 Å². The van der Waals surface area contributed by atoms with Gasteiger partial charge in [0.15, 0.2) is 6.10 Å². The van der Waals surface area contributed by atoms with Crippen molar-refractivity contribution in [3.63, 3.8) is 0 Å². The van der Waals surface area contributed by atoms with Gasteiger partial charge in [-0.1, -0.05) is 29.8 Å². The number of carbonyl (C=O) groups is 2. The van der Waals surface area contributed by atoms with Crippen LogP contribution in [0.25, 0.3) is 0 Å². The number of hydrogen-bond donors (Lipinski definition) is 1. The third kappa shape index (κ3) is 3.81. The Hall–Kier alpha value is -2.57. The van der Waals surface area contributed by atoms with Crippen molar-refractivity contribution in [2.45, 2.75) is 19.6 Å². The molecule has 0 saturated heterocycles. The SMILES string of the molecule is COCC(=O)Nc1ccc2c(c1)N(Cc1ccccc1Cl)C(=O)C(C)O2. The van der Waals surface area contributed by atoms with E-state index in [0.29, 0.717) is 28.7 Å². The minimum Gasteiger partial charge on any atom is -0.479 e. The van der Waals surface area contributed by atoms with Crippen LogP contribution in [0, 0.1) is 0 Å². The average molecular weight is 375 g/mol. The van der Waals surface area contributed by atoms with Crippen molar-refractivity contribution in [2.24, 2.45) is 0 Å². The number of ether oxygens (including phenoxy) is 2. The minimum atomic E-state index is -0.598.